The molecule has 1 heterocycles. The molecule has 0 unspecified atom stereocenters. The van der Waals surface area contributed by atoms with Gasteiger partial charge in [0.1, 0.15) is 0 Å². The Balaban J connectivity index is 2.07. The van der Waals surface area contributed by atoms with Crippen LogP contribution in [0, 0.1) is 30.9 Å². The Kier molecular flexibility index (Phi) is 6.23. The molecule has 0 aliphatic carbocycles. The molecule has 7 heteroatoms. The second-order valence-corrected chi connectivity index (χ2v) is 7.45. The standard InChI is InChI=1S/C23H21N3O3S/c1-15-5-4-12-25(14-15)21(22(27)18-7-10-20(11-8-18)26(28)29)23(30)24-19-9-6-16(2)17(3)13-19/h4-14H,1-3H3,(H-,24,27,30)/p+1. The number of thiocarbonyl (C=S) groups is 1. The van der Waals surface area contributed by atoms with Gasteiger partial charge in [-0.05, 0) is 62.2 Å². The van der Waals surface area contributed by atoms with E-state index < -0.39 is 4.92 Å². The molecular weight excluding hydrogens is 398 g/mol. The van der Waals surface area contributed by atoms with Gasteiger partial charge in [-0.25, -0.2) is 0 Å². The van der Waals surface area contributed by atoms with E-state index >= 15 is 0 Å². The van der Waals surface area contributed by atoms with Gasteiger partial charge in [0.2, 0.25) is 0 Å². The largest absolute Gasteiger partial charge is 0.502 e. The third kappa shape index (κ3) is 4.69. The number of aromatic nitrogens is 1. The molecule has 0 saturated carbocycles. The summed E-state index contributed by atoms with van der Waals surface area (Å²) in [4.78, 5) is 10.8. The van der Waals surface area contributed by atoms with Gasteiger partial charge in [0.15, 0.2) is 23.1 Å². The molecule has 0 atom stereocenters. The van der Waals surface area contributed by atoms with Crippen LogP contribution in [0.1, 0.15) is 22.3 Å². The quantitative estimate of drug-likeness (QED) is 0.149. The highest BCUT2D eigenvalue weighted by atomic mass is 32.1. The number of nitro groups is 1. The summed E-state index contributed by atoms with van der Waals surface area (Å²) in [5.74, 6) is -0.0816. The second-order valence-electron chi connectivity index (χ2n) is 7.04. The number of non-ortho nitro benzene ring substituents is 1. The molecule has 2 aromatic carbocycles. The van der Waals surface area contributed by atoms with Crippen molar-refractivity contribution in [1.29, 1.82) is 0 Å². The fraction of sp³-hybridized carbons (Fsp3) is 0.130. The van der Waals surface area contributed by atoms with E-state index in [4.69, 9.17) is 12.2 Å². The van der Waals surface area contributed by atoms with Crippen LogP contribution in [0.15, 0.2) is 67.0 Å². The average molecular weight is 421 g/mol. The summed E-state index contributed by atoms with van der Waals surface area (Å²) < 4.78 is 1.74. The molecular formula is C23H22N3O3S+. The van der Waals surface area contributed by atoms with Crippen molar-refractivity contribution in [2.75, 3.05) is 5.32 Å². The van der Waals surface area contributed by atoms with Crippen LogP contribution in [0.4, 0.5) is 11.4 Å². The number of nitrogens with one attached hydrogen (secondary N) is 1. The highest BCUT2D eigenvalue weighted by Gasteiger charge is 2.24. The van der Waals surface area contributed by atoms with Gasteiger partial charge in [-0.2, -0.15) is 4.57 Å². The van der Waals surface area contributed by atoms with Crippen molar-refractivity contribution in [2.45, 2.75) is 20.8 Å². The first-order chi connectivity index (χ1) is 14.3. The fourth-order valence-corrected chi connectivity index (χ4v) is 3.29. The summed E-state index contributed by atoms with van der Waals surface area (Å²) in [5, 5.41) is 25.2. The Bertz CT molecular complexity index is 1150. The Morgan fingerprint density at radius 2 is 1.77 bits per heavy atom. The van der Waals surface area contributed by atoms with Gasteiger partial charge in [-0.15, -0.1) is 0 Å². The summed E-state index contributed by atoms with van der Waals surface area (Å²) in [5.41, 5.74) is 4.84. The van der Waals surface area contributed by atoms with Crippen molar-refractivity contribution < 1.29 is 14.6 Å². The number of aliphatic hydroxyl groups is 1. The van der Waals surface area contributed by atoms with E-state index in [1.165, 1.54) is 29.8 Å². The number of aliphatic hydroxyl groups excluding tert-OH is 1. The van der Waals surface area contributed by atoms with Crippen LogP contribution in [-0.4, -0.2) is 15.0 Å². The highest BCUT2D eigenvalue weighted by Crippen LogP contribution is 2.22. The summed E-state index contributed by atoms with van der Waals surface area (Å²) in [6.07, 6.45) is 3.64. The number of nitrogens with zero attached hydrogens (tertiary/aromatic N) is 2. The molecule has 0 radical (unpaired) electrons. The predicted octanol–water partition coefficient (Wildman–Crippen LogP) is 5.13. The van der Waals surface area contributed by atoms with Gasteiger partial charge >= 0.3 is 0 Å². The summed E-state index contributed by atoms with van der Waals surface area (Å²) in [6, 6.07) is 15.4. The first kappa shape index (κ1) is 21.1. The molecule has 152 valence electrons. The zero-order chi connectivity index (χ0) is 21.8. The first-order valence-corrected chi connectivity index (χ1v) is 9.72. The maximum absolute atomic E-state index is 11.1. The number of rotatable bonds is 5. The Labute approximate surface area is 180 Å². The predicted molar refractivity (Wildman–Crippen MR) is 122 cm³/mol. The smallest absolute Gasteiger partial charge is 0.288 e. The lowest BCUT2D eigenvalue weighted by molar-refractivity contribution is -0.576. The minimum Gasteiger partial charge on any atom is -0.502 e. The molecule has 3 aromatic rings. The lowest BCUT2D eigenvalue weighted by Gasteiger charge is -2.11. The van der Waals surface area contributed by atoms with E-state index in [0.29, 0.717) is 16.2 Å². The molecule has 0 bridgehead atoms. The Morgan fingerprint density at radius 3 is 2.37 bits per heavy atom. The van der Waals surface area contributed by atoms with E-state index in [0.717, 1.165) is 16.8 Å². The Hall–Kier alpha value is -3.58. The van der Waals surface area contributed by atoms with Crippen LogP contribution in [0.2, 0.25) is 0 Å². The number of nitro benzene ring substituents is 1. The molecule has 1 aromatic heterocycles. The van der Waals surface area contributed by atoms with Crippen LogP contribution < -0.4 is 9.88 Å². The van der Waals surface area contributed by atoms with Crippen LogP contribution in [0.5, 0.6) is 0 Å². The van der Waals surface area contributed by atoms with Gasteiger partial charge in [-0.1, -0.05) is 18.3 Å². The molecule has 0 amide bonds. The minimum atomic E-state index is -0.479. The normalized spacial score (nSPS) is 11.6. The molecule has 0 fully saturated rings. The first-order valence-electron chi connectivity index (χ1n) is 9.31. The van der Waals surface area contributed by atoms with E-state index in [1.54, 1.807) is 10.8 Å². The van der Waals surface area contributed by atoms with Crippen LogP contribution in [-0.2, 0) is 0 Å². The summed E-state index contributed by atoms with van der Waals surface area (Å²) in [7, 11) is 0. The van der Waals surface area contributed by atoms with Crippen molar-refractivity contribution >= 4 is 40.0 Å². The topological polar surface area (TPSA) is 79.3 Å². The number of anilines is 1. The number of pyridine rings is 1. The summed E-state index contributed by atoms with van der Waals surface area (Å²) >= 11 is 5.64. The van der Waals surface area contributed by atoms with Crippen molar-refractivity contribution in [3.8, 4) is 0 Å². The number of hydrogen-bond acceptors (Lipinski definition) is 4. The van der Waals surface area contributed by atoms with Gasteiger partial charge in [0.05, 0.1) is 4.92 Å². The molecule has 0 saturated heterocycles. The fourth-order valence-electron chi connectivity index (χ4n) is 2.97. The number of aryl methyl sites for hydroxylation is 3. The number of hydrogen-bond donors (Lipinski definition) is 2. The molecule has 0 aliphatic rings. The third-order valence-corrected chi connectivity index (χ3v) is 5.06. The van der Waals surface area contributed by atoms with E-state index in [-0.39, 0.29) is 11.4 Å². The molecule has 2 N–H and O–H groups in total. The minimum absolute atomic E-state index is 0.0489. The lowest BCUT2D eigenvalue weighted by Crippen LogP contribution is -2.38. The second kappa shape index (κ2) is 8.84. The third-order valence-electron chi connectivity index (χ3n) is 4.76. The van der Waals surface area contributed by atoms with Gasteiger partial charge in [-0.3, -0.25) is 10.1 Å². The Morgan fingerprint density at radius 1 is 1.07 bits per heavy atom. The van der Waals surface area contributed by atoms with E-state index in [2.05, 4.69) is 5.32 Å². The van der Waals surface area contributed by atoms with Gasteiger partial charge in [0, 0.05) is 35.0 Å². The van der Waals surface area contributed by atoms with Gasteiger partial charge < -0.3 is 10.4 Å². The van der Waals surface area contributed by atoms with Crippen molar-refractivity contribution in [3.05, 3.63) is 99.4 Å². The van der Waals surface area contributed by atoms with Crippen molar-refractivity contribution in [2.24, 2.45) is 0 Å². The molecule has 3 rings (SSSR count). The van der Waals surface area contributed by atoms with Crippen molar-refractivity contribution in [3.63, 3.8) is 0 Å². The van der Waals surface area contributed by atoms with Crippen molar-refractivity contribution in [1.82, 2.24) is 0 Å². The molecule has 0 aliphatic heterocycles. The maximum atomic E-state index is 11.1. The highest BCUT2D eigenvalue weighted by molar-refractivity contribution is 7.81. The van der Waals surface area contributed by atoms with Crippen LogP contribution >= 0.6 is 12.2 Å². The maximum Gasteiger partial charge on any atom is 0.288 e. The zero-order valence-electron chi connectivity index (χ0n) is 16.9. The average Bonchev–Trinajstić information content (AvgIpc) is 2.71. The lowest BCUT2D eigenvalue weighted by atomic mass is 10.1. The molecule has 6 nitrogen and oxygen atoms in total. The number of benzene rings is 2. The summed E-state index contributed by atoms with van der Waals surface area (Å²) in [6.45, 7) is 5.99. The van der Waals surface area contributed by atoms with Crippen LogP contribution in [0.25, 0.3) is 11.5 Å². The monoisotopic (exact) mass is 420 g/mol. The van der Waals surface area contributed by atoms with Gasteiger partial charge in [0.25, 0.3) is 11.4 Å². The van der Waals surface area contributed by atoms with Crippen LogP contribution in [0.3, 0.4) is 0 Å². The molecule has 0 spiro atoms. The van der Waals surface area contributed by atoms with E-state index in [9.17, 15) is 15.2 Å². The van der Waals surface area contributed by atoms with E-state index in [1.807, 2.05) is 57.3 Å². The zero-order valence-corrected chi connectivity index (χ0v) is 17.7. The molecule has 30 heavy (non-hydrogen) atoms. The SMILES string of the molecule is Cc1ccc[n+](/C(C(=S)Nc2ccc(C)c(C)c2)=C(/O)c2ccc([N+](=O)[O-])cc2)c1.